The summed E-state index contributed by atoms with van der Waals surface area (Å²) in [6, 6.07) is 6.35. The minimum absolute atomic E-state index is 0.0638. The maximum Gasteiger partial charge on any atom is 0.139 e. The molecule has 0 saturated heterocycles. The van der Waals surface area contributed by atoms with E-state index in [-0.39, 0.29) is 5.41 Å². The number of nitrogens with zero attached hydrogens (tertiary/aromatic N) is 1. The van der Waals surface area contributed by atoms with Crippen LogP contribution in [-0.4, -0.2) is 17.6 Å². The molecule has 1 fully saturated rings. The van der Waals surface area contributed by atoms with Crippen molar-refractivity contribution in [3.8, 4) is 5.75 Å². The van der Waals surface area contributed by atoms with Gasteiger partial charge in [0.15, 0.2) is 0 Å². The fraction of sp³-hybridized carbons (Fsp3) is 0.562. The number of hydrogen-bond acceptors (Lipinski definition) is 3. The van der Waals surface area contributed by atoms with Gasteiger partial charge in [0.2, 0.25) is 0 Å². The van der Waals surface area contributed by atoms with Crippen LogP contribution < -0.4 is 10.5 Å². The van der Waals surface area contributed by atoms with Gasteiger partial charge < -0.3 is 15.7 Å². The molecule has 2 rings (SSSR count). The normalized spacial score (nSPS) is 17.3. The number of nitrogens with two attached hydrogens (primary N) is 1. The summed E-state index contributed by atoms with van der Waals surface area (Å²) in [6.07, 6.45) is 2.75. The number of amidine groups is 1. The molecule has 4 nitrogen and oxygen atoms in total. The van der Waals surface area contributed by atoms with Gasteiger partial charge in [-0.05, 0) is 42.9 Å². The second kappa shape index (κ2) is 5.73. The highest BCUT2D eigenvalue weighted by molar-refractivity contribution is 5.80. The minimum atomic E-state index is 0.0638. The molecule has 1 aromatic carbocycles. The summed E-state index contributed by atoms with van der Waals surface area (Å²) in [7, 11) is 0. The van der Waals surface area contributed by atoms with Gasteiger partial charge in [0.25, 0.3) is 0 Å². The number of oxime groups is 1. The fourth-order valence-corrected chi connectivity index (χ4v) is 2.44. The molecule has 0 unspecified atom stereocenters. The molecule has 110 valence electrons. The largest absolute Gasteiger partial charge is 0.493 e. The lowest BCUT2D eigenvalue weighted by Gasteiger charge is -2.19. The molecule has 0 radical (unpaired) electrons. The molecule has 3 N–H and O–H groups in total. The molecular weight excluding hydrogens is 252 g/mol. The second-order valence-electron chi connectivity index (χ2n) is 6.25. The van der Waals surface area contributed by atoms with E-state index < -0.39 is 0 Å². The number of rotatable bonds is 6. The molecule has 0 heterocycles. The third-order valence-electron chi connectivity index (χ3n) is 3.97. The zero-order chi connectivity index (χ0) is 14.8. The first-order chi connectivity index (χ1) is 9.46. The Morgan fingerprint density at radius 1 is 1.45 bits per heavy atom. The molecule has 0 atom stereocenters. The van der Waals surface area contributed by atoms with E-state index in [1.54, 1.807) is 0 Å². The summed E-state index contributed by atoms with van der Waals surface area (Å²) in [5.41, 5.74) is 8.11. The van der Waals surface area contributed by atoms with Crippen molar-refractivity contribution in [3.63, 3.8) is 0 Å². The highest BCUT2D eigenvalue weighted by Crippen LogP contribution is 2.49. The molecular formula is C16H24N2O2. The Morgan fingerprint density at radius 2 is 2.15 bits per heavy atom. The Labute approximate surface area is 120 Å². The van der Waals surface area contributed by atoms with E-state index in [2.05, 4.69) is 44.1 Å². The van der Waals surface area contributed by atoms with E-state index in [1.807, 2.05) is 0 Å². The second-order valence-corrected chi connectivity index (χ2v) is 6.25. The van der Waals surface area contributed by atoms with Crippen LogP contribution in [0.25, 0.3) is 0 Å². The van der Waals surface area contributed by atoms with Gasteiger partial charge in [0.05, 0.1) is 6.61 Å². The number of ether oxygens (including phenoxy) is 1. The maximum atomic E-state index is 8.69. The van der Waals surface area contributed by atoms with Crippen molar-refractivity contribution in [1.29, 1.82) is 0 Å². The van der Waals surface area contributed by atoms with Gasteiger partial charge >= 0.3 is 0 Å². The van der Waals surface area contributed by atoms with Crippen molar-refractivity contribution in [1.82, 2.24) is 0 Å². The van der Waals surface area contributed by atoms with Crippen molar-refractivity contribution in [3.05, 3.63) is 29.3 Å². The van der Waals surface area contributed by atoms with Crippen LogP contribution in [0.15, 0.2) is 23.4 Å². The first kappa shape index (κ1) is 14.7. The van der Waals surface area contributed by atoms with Crippen LogP contribution in [0.1, 0.15) is 50.2 Å². The summed E-state index contributed by atoms with van der Waals surface area (Å²) in [5.74, 6) is 1.69. The Balaban J connectivity index is 2.06. The van der Waals surface area contributed by atoms with Crippen LogP contribution in [0.3, 0.4) is 0 Å². The molecule has 4 heteroatoms. The van der Waals surface area contributed by atoms with Crippen LogP contribution in [0.5, 0.6) is 5.75 Å². The van der Waals surface area contributed by atoms with E-state index in [1.165, 1.54) is 11.1 Å². The fourth-order valence-electron chi connectivity index (χ4n) is 2.44. The molecule has 1 aliphatic rings. The van der Waals surface area contributed by atoms with Crippen molar-refractivity contribution >= 4 is 5.84 Å². The lowest BCUT2D eigenvalue weighted by atomic mass is 10.00. The predicted molar refractivity (Wildman–Crippen MR) is 80.5 cm³/mol. The topological polar surface area (TPSA) is 67.8 Å². The Hall–Kier alpha value is -1.71. The highest BCUT2D eigenvalue weighted by atomic mass is 16.5. The van der Waals surface area contributed by atoms with Crippen LogP contribution in [0.2, 0.25) is 0 Å². The third kappa shape index (κ3) is 3.44. The van der Waals surface area contributed by atoms with Crippen LogP contribution >= 0.6 is 0 Å². The quantitative estimate of drug-likeness (QED) is 0.362. The van der Waals surface area contributed by atoms with E-state index >= 15 is 0 Å². The molecule has 20 heavy (non-hydrogen) atoms. The van der Waals surface area contributed by atoms with Crippen molar-refractivity contribution in [2.45, 2.75) is 46.0 Å². The number of benzene rings is 1. The van der Waals surface area contributed by atoms with Gasteiger partial charge in [-0.15, -0.1) is 0 Å². The smallest absolute Gasteiger partial charge is 0.139 e. The molecule has 0 aromatic heterocycles. The summed E-state index contributed by atoms with van der Waals surface area (Å²) in [5, 5.41) is 11.8. The highest BCUT2D eigenvalue weighted by Gasteiger charge is 2.44. The summed E-state index contributed by atoms with van der Waals surface area (Å²) >= 11 is 0. The Kier molecular flexibility index (Phi) is 4.21. The van der Waals surface area contributed by atoms with Gasteiger partial charge in [-0.2, -0.15) is 0 Å². The van der Waals surface area contributed by atoms with Gasteiger partial charge in [0.1, 0.15) is 11.6 Å². The van der Waals surface area contributed by atoms with Gasteiger partial charge in [-0.1, -0.05) is 31.1 Å². The Morgan fingerprint density at radius 3 is 2.70 bits per heavy atom. The van der Waals surface area contributed by atoms with Gasteiger partial charge in [-0.25, -0.2) is 0 Å². The van der Waals surface area contributed by atoms with E-state index in [4.69, 9.17) is 15.7 Å². The third-order valence-corrected chi connectivity index (χ3v) is 3.97. The molecule has 1 saturated carbocycles. The van der Waals surface area contributed by atoms with Crippen molar-refractivity contribution in [2.24, 2.45) is 16.3 Å². The zero-order valence-electron chi connectivity index (χ0n) is 12.5. The van der Waals surface area contributed by atoms with Gasteiger partial charge in [0, 0.05) is 11.8 Å². The van der Waals surface area contributed by atoms with Crippen molar-refractivity contribution < 1.29 is 9.94 Å². The average Bonchev–Trinajstić information content (AvgIpc) is 3.16. The average molecular weight is 276 g/mol. The van der Waals surface area contributed by atoms with E-state index in [0.29, 0.717) is 24.8 Å². The molecule has 0 bridgehead atoms. The molecule has 1 aromatic rings. The summed E-state index contributed by atoms with van der Waals surface area (Å²) in [4.78, 5) is 0. The first-order valence-electron chi connectivity index (χ1n) is 7.15. The predicted octanol–water partition coefficient (Wildman–Crippen LogP) is 3.41. The molecule has 0 amide bonds. The van der Waals surface area contributed by atoms with E-state index in [9.17, 15) is 0 Å². The lowest BCUT2D eigenvalue weighted by molar-refractivity contribution is 0.233. The number of aryl methyl sites for hydroxylation is 1. The van der Waals surface area contributed by atoms with Gasteiger partial charge in [-0.3, -0.25) is 0 Å². The summed E-state index contributed by atoms with van der Waals surface area (Å²) in [6.45, 7) is 7.04. The lowest BCUT2D eigenvalue weighted by Crippen LogP contribution is -2.23. The Bertz CT molecular complexity index is 505. The van der Waals surface area contributed by atoms with Crippen LogP contribution in [-0.2, 0) is 0 Å². The van der Waals surface area contributed by atoms with Crippen molar-refractivity contribution in [2.75, 3.05) is 6.61 Å². The first-order valence-corrected chi connectivity index (χ1v) is 7.15. The van der Waals surface area contributed by atoms with E-state index in [0.717, 1.165) is 18.6 Å². The standard InChI is InChI=1S/C16H24N2O2/c1-11(2)13-5-4-12(3)8-14(13)20-10-16(6-7-16)9-15(17)18-19/h4-5,8,11,19H,6-7,9-10H2,1-3H3,(H2,17,18). The van der Waals surface area contributed by atoms with Crippen LogP contribution in [0, 0.1) is 12.3 Å². The minimum Gasteiger partial charge on any atom is -0.493 e. The summed E-state index contributed by atoms with van der Waals surface area (Å²) < 4.78 is 6.06. The number of hydrogen-bond donors (Lipinski definition) is 2. The molecule has 1 aliphatic carbocycles. The zero-order valence-corrected chi connectivity index (χ0v) is 12.5. The molecule has 0 aliphatic heterocycles. The monoisotopic (exact) mass is 276 g/mol. The maximum absolute atomic E-state index is 8.69. The SMILES string of the molecule is Cc1ccc(C(C)C)c(OCC2(CC(N)=NO)CC2)c1. The van der Waals surface area contributed by atoms with Crippen LogP contribution in [0.4, 0.5) is 0 Å². The molecule has 0 spiro atoms.